The minimum Gasteiger partial charge on any atom is -0.468 e. The van der Waals surface area contributed by atoms with Gasteiger partial charge in [0.05, 0.1) is 19.1 Å². The smallest absolute Gasteiger partial charge is 0.315 e. The highest BCUT2D eigenvalue weighted by Gasteiger charge is 2.45. The third-order valence-electron chi connectivity index (χ3n) is 7.40. The van der Waals surface area contributed by atoms with E-state index in [1.54, 1.807) is 6.08 Å². The van der Waals surface area contributed by atoms with E-state index in [4.69, 9.17) is 9.16 Å². The standard InChI is InChI=1S/C26H40O3Si/c1-10-26(24(27)28-7)16-15-22(19(2)3)23(17-26)21-13-11-20(12-14-21)18-29-30(8,9)25(4,5)6/h10-14,22-23H,1-2,15-18H2,3-9H3/t22-,23-,26-/m0/s1. The lowest BCUT2D eigenvalue weighted by molar-refractivity contribution is -0.152. The largest absolute Gasteiger partial charge is 0.468 e. The number of esters is 1. The second-order valence-corrected chi connectivity index (χ2v) is 15.3. The molecule has 1 aliphatic rings. The highest BCUT2D eigenvalue weighted by atomic mass is 28.4. The van der Waals surface area contributed by atoms with E-state index < -0.39 is 13.7 Å². The summed E-state index contributed by atoms with van der Waals surface area (Å²) >= 11 is 0. The van der Waals surface area contributed by atoms with Gasteiger partial charge < -0.3 is 9.16 Å². The van der Waals surface area contributed by atoms with Gasteiger partial charge in [-0.3, -0.25) is 4.79 Å². The fourth-order valence-corrected chi connectivity index (χ4v) is 5.15. The summed E-state index contributed by atoms with van der Waals surface area (Å²) in [5.41, 5.74) is 2.99. The molecule has 0 N–H and O–H groups in total. The van der Waals surface area contributed by atoms with Crippen molar-refractivity contribution >= 4 is 14.3 Å². The van der Waals surface area contributed by atoms with Gasteiger partial charge in [-0.25, -0.2) is 0 Å². The highest BCUT2D eigenvalue weighted by Crippen LogP contribution is 2.50. The van der Waals surface area contributed by atoms with Gasteiger partial charge in [-0.05, 0) is 67.3 Å². The molecule has 1 fully saturated rings. The molecule has 4 heteroatoms. The first kappa shape index (κ1) is 24.6. The van der Waals surface area contributed by atoms with Crippen molar-refractivity contribution in [3.8, 4) is 0 Å². The van der Waals surface area contributed by atoms with E-state index in [1.165, 1.54) is 23.8 Å². The van der Waals surface area contributed by atoms with Crippen LogP contribution in [0.5, 0.6) is 0 Å². The molecule has 0 radical (unpaired) electrons. The molecule has 2 rings (SSSR count). The Morgan fingerprint density at radius 1 is 1.27 bits per heavy atom. The van der Waals surface area contributed by atoms with Gasteiger partial charge in [-0.1, -0.05) is 63.3 Å². The second kappa shape index (κ2) is 9.23. The first-order valence-corrected chi connectivity index (χ1v) is 13.9. The fourth-order valence-electron chi connectivity index (χ4n) is 4.19. The lowest BCUT2D eigenvalue weighted by Gasteiger charge is -2.42. The number of hydrogen-bond donors (Lipinski definition) is 0. The van der Waals surface area contributed by atoms with Crippen LogP contribution in [0.3, 0.4) is 0 Å². The zero-order chi connectivity index (χ0) is 22.7. The molecular formula is C26H40O3Si. The van der Waals surface area contributed by atoms with Gasteiger partial charge in [0.15, 0.2) is 8.32 Å². The Bertz CT molecular complexity index is 772. The predicted molar refractivity (Wildman–Crippen MR) is 128 cm³/mol. The van der Waals surface area contributed by atoms with E-state index >= 15 is 0 Å². The molecule has 30 heavy (non-hydrogen) atoms. The number of methoxy groups -OCH3 is 1. The van der Waals surface area contributed by atoms with Gasteiger partial charge in [-0.15, -0.1) is 6.58 Å². The summed E-state index contributed by atoms with van der Waals surface area (Å²) in [5.74, 6) is 0.405. The molecule has 0 bridgehead atoms. The number of carbonyl (C=O) groups is 1. The molecule has 0 heterocycles. The average molecular weight is 429 g/mol. The molecule has 166 valence electrons. The number of ether oxygens (including phenoxy) is 1. The number of carbonyl (C=O) groups excluding carboxylic acids is 1. The van der Waals surface area contributed by atoms with Crippen molar-refractivity contribution in [2.75, 3.05) is 7.11 Å². The maximum Gasteiger partial charge on any atom is 0.315 e. The van der Waals surface area contributed by atoms with Crippen molar-refractivity contribution in [3.63, 3.8) is 0 Å². The van der Waals surface area contributed by atoms with Gasteiger partial charge >= 0.3 is 5.97 Å². The quantitative estimate of drug-likeness (QED) is 0.266. The van der Waals surface area contributed by atoms with Crippen LogP contribution in [0.1, 0.15) is 64.0 Å². The number of hydrogen-bond acceptors (Lipinski definition) is 3. The lowest BCUT2D eigenvalue weighted by Crippen LogP contribution is -2.40. The topological polar surface area (TPSA) is 35.5 Å². The van der Waals surface area contributed by atoms with E-state index in [0.29, 0.717) is 18.9 Å². The normalized spacial score (nSPS) is 24.9. The molecular weight excluding hydrogens is 388 g/mol. The van der Waals surface area contributed by atoms with Gasteiger partial charge in [0.25, 0.3) is 0 Å². The number of benzene rings is 1. The molecule has 0 unspecified atom stereocenters. The molecule has 1 aromatic rings. The third kappa shape index (κ3) is 5.15. The van der Waals surface area contributed by atoms with Gasteiger partial charge in [0, 0.05) is 0 Å². The van der Waals surface area contributed by atoms with Crippen LogP contribution in [0, 0.1) is 11.3 Å². The van der Waals surface area contributed by atoms with Gasteiger partial charge in [0.1, 0.15) is 0 Å². The van der Waals surface area contributed by atoms with E-state index in [0.717, 1.165) is 12.8 Å². The molecule has 1 aliphatic carbocycles. The van der Waals surface area contributed by atoms with Crippen molar-refractivity contribution in [1.82, 2.24) is 0 Å². The van der Waals surface area contributed by atoms with Crippen LogP contribution >= 0.6 is 0 Å². The maximum atomic E-state index is 12.6. The predicted octanol–water partition coefficient (Wildman–Crippen LogP) is 7.01. The van der Waals surface area contributed by atoms with Crippen LogP contribution in [-0.2, 0) is 20.6 Å². The van der Waals surface area contributed by atoms with E-state index in [1.807, 2.05) is 0 Å². The first-order chi connectivity index (χ1) is 13.9. The Balaban J connectivity index is 2.23. The molecule has 1 saturated carbocycles. The summed E-state index contributed by atoms with van der Waals surface area (Å²) in [7, 11) is -0.311. The monoisotopic (exact) mass is 428 g/mol. The molecule has 0 aromatic heterocycles. The second-order valence-electron chi connectivity index (χ2n) is 10.4. The van der Waals surface area contributed by atoms with Crippen LogP contribution in [0.2, 0.25) is 18.1 Å². The van der Waals surface area contributed by atoms with Crippen molar-refractivity contribution in [2.45, 2.75) is 77.6 Å². The summed E-state index contributed by atoms with van der Waals surface area (Å²) in [6, 6.07) is 8.73. The molecule has 0 spiro atoms. The lowest BCUT2D eigenvalue weighted by atomic mass is 9.62. The van der Waals surface area contributed by atoms with Crippen molar-refractivity contribution in [1.29, 1.82) is 0 Å². The molecule has 0 aliphatic heterocycles. The summed E-state index contributed by atoms with van der Waals surface area (Å²) in [6.45, 7) is 22.3. The zero-order valence-electron chi connectivity index (χ0n) is 20.0. The Labute approximate surface area is 184 Å². The third-order valence-corrected chi connectivity index (χ3v) is 11.9. The summed E-state index contributed by atoms with van der Waals surface area (Å²) in [5, 5.41) is 0.200. The molecule has 3 nitrogen and oxygen atoms in total. The minimum absolute atomic E-state index is 0.179. The molecule has 0 amide bonds. The first-order valence-electron chi connectivity index (χ1n) is 11.0. The molecule has 1 aromatic carbocycles. The van der Waals surface area contributed by atoms with Crippen LogP contribution in [0.4, 0.5) is 0 Å². The van der Waals surface area contributed by atoms with Crippen LogP contribution in [-0.4, -0.2) is 21.4 Å². The summed E-state index contributed by atoms with van der Waals surface area (Å²) in [6.07, 6.45) is 4.18. The number of rotatable bonds is 7. The van der Waals surface area contributed by atoms with E-state index in [-0.39, 0.29) is 16.9 Å². The fraction of sp³-hybridized carbons (Fsp3) is 0.577. The van der Waals surface area contributed by atoms with Crippen LogP contribution < -0.4 is 0 Å². The van der Waals surface area contributed by atoms with Crippen LogP contribution in [0.15, 0.2) is 49.1 Å². The summed E-state index contributed by atoms with van der Waals surface area (Å²) in [4.78, 5) is 12.6. The SMILES string of the molecule is C=C[C@]1(C(=O)OC)CC[C@@H](C(=C)C)[C@H](c2ccc(CO[Si](C)(C)C(C)(C)C)cc2)C1. The number of allylic oxidation sites excluding steroid dienone is 1. The Hall–Kier alpha value is -1.65. The molecule has 3 atom stereocenters. The Morgan fingerprint density at radius 2 is 1.87 bits per heavy atom. The van der Waals surface area contributed by atoms with Crippen molar-refractivity contribution in [2.24, 2.45) is 11.3 Å². The van der Waals surface area contributed by atoms with Crippen molar-refractivity contribution in [3.05, 3.63) is 60.2 Å². The van der Waals surface area contributed by atoms with E-state index in [2.05, 4.69) is 78.2 Å². The Kier molecular flexibility index (Phi) is 7.57. The maximum absolute atomic E-state index is 12.6. The molecule has 0 saturated heterocycles. The Morgan fingerprint density at radius 3 is 2.33 bits per heavy atom. The summed E-state index contributed by atoms with van der Waals surface area (Å²) < 4.78 is 11.5. The minimum atomic E-state index is -1.77. The van der Waals surface area contributed by atoms with Gasteiger partial charge in [0.2, 0.25) is 0 Å². The zero-order valence-corrected chi connectivity index (χ0v) is 21.0. The highest BCUT2D eigenvalue weighted by molar-refractivity contribution is 6.74. The van der Waals surface area contributed by atoms with Crippen molar-refractivity contribution < 1.29 is 14.0 Å². The average Bonchev–Trinajstić information content (AvgIpc) is 2.70. The van der Waals surface area contributed by atoms with Gasteiger partial charge in [-0.2, -0.15) is 0 Å². The van der Waals surface area contributed by atoms with Crippen LogP contribution in [0.25, 0.3) is 0 Å². The van der Waals surface area contributed by atoms with E-state index in [9.17, 15) is 4.79 Å².